The number of nitrogens with zero attached hydrogens (tertiary/aromatic N) is 1. The van der Waals surface area contributed by atoms with Crippen LogP contribution in [-0.2, 0) is 9.53 Å². The van der Waals surface area contributed by atoms with E-state index in [1.807, 2.05) is 18.2 Å². The molecule has 3 rings (SSSR count). The van der Waals surface area contributed by atoms with Crippen LogP contribution in [0, 0.1) is 5.82 Å². The van der Waals surface area contributed by atoms with E-state index in [0.29, 0.717) is 15.8 Å². The summed E-state index contributed by atoms with van der Waals surface area (Å²) in [4.78, 5) is 26.5. The Labute approximate surface area is 158 Å². The number of ether oxygens (including phenoxy) is 1. The minimum Gasteiger partial charge on any atom is -0.448 e. The van der Waals surface area contributed by atoms with Crippen molar-refractivity contribution in [1.82, 2.24) is 0 Å². The first-order chi connectivity index (χ1) is 12.4. The highest BCUT2D eigenvalue weighted by Crippen LogP contribution is 2.36. The van der Waals surface area contributed by atoms with Gasteiger partial charge in [0.1, 0.15) is 10.7 Å². The zero-order valence-electron chi connectivity index (χ0n) is 14.0. The van der Waals surface area contributed by atoms with Gasteiger partial charge in [0, 0.05) is 22.8 Å². The maximum absolute atomic E-state index is 13.3. The van der Waals surface area contributed by atoms with Gasteiger partial charge in [0.05, 0.1) is 5.02 Å². The van der Waals surface area contributed by atoms with Gasteiger partial charge in [-0.15, -0.1) is 11.3 Å². The van der Waals surface area contributed by atoms with Crippen molar-refractivity contribution >= 4 is 50.6 Å². The predicted molar refractivity (Wildman–Crippen MR) is 102 cm³/mol. The number of hydrogen-bond acceptors (Lipinski definition) is 4. The Morgan fingerprint density at radius 1 is 1.19 bits per heavy atom. The third-order valence-electron chi connectivity index (χ3n) is 3.88. The number of likely N-dealkylation sites (N-methyl/N-ethyl adjacent to an activating group) is 1. The first kappa shape index (κ1) is 18.4. The van der Waals surface area contributed by atoms with E-state index in [2.05, 4.69) is 0 Å². The summed E-state index contributed by atoms with van der Waals surface area (Å²) in [5, 5.41) is 0.775. The number of carbonyl (C=O) groups excluding carboxylic acids is 2. The van der Waals surface area contributed by atoms with Crippen LogP contribution in [0.3, 0.4) is 0 Å². The molecule has 0 N–H and O–H groups in total. The first-order valence-corrected chi connectivity index (χ1v) is 8.99. The molecule has 0 aliphatic heterocycles. The summed E-state index contributed by atoms with van der Waals surface area (Å²) in [7, 11) is 1.61. The number of amides is 1. The molecular weight excluding hydrogens is 377 g/mol. The third kappa shape index (κ3) is 3.57. The minimum atomic E-state index is -0.995. The van der Waals surface area contributed by atoms with E-state index < -0.39 is 17.9 Å². The summed E-state index contributed by atoms with van der Waals surface area (Å²) in [5.74, 6) is -1.49. The van der Waals surface area contributed by atoms with Crippen molar-refractivity contribution in [2.45, 2.75) is 13.0 Å². The van der Waals surface area contributed by atoms with Gasteiger partial charge in [-0.2, -0.15) is 0 Å². The summed E-state index contributed by atoms with van der Waals surface area (Å²) >= 11 is 7.25. The minimum absolute atomic E-state index is 0.147. The molecule has 0 fully saturated rings. The lowest BCUT2D eigenvalue weighted by Gasteiger charge is -2.21. The van der Waals surface area contributed by atoms with Crippen LogP contribution in [0.1, 0.15) is 16.6 Å². The van der Waals surface area contributed by atoms with Gasteiger partial charge in [-0.1, -0.05) is 29.8 Å². The van der Waals surface area contributed by atoms with Crippen LogP contribution in [0.25, 0.3) is 10.1 Å². The van der Waals surface area contributed by atoms with Crippen LogP contribution in [0.15, 0.2) is 48.5 Å². The molecule has 26 heavy (non-hydrogen) atoms. The number of halogens is 2. The smallest absolute Gasteiger partial charge is 0.350 e. The average molecular weight is 392 g/mol. The number of para-hydroxylation sites is 1. The number of rotatable bonds is 4. The van der Waals surface area contributed by atoms with E-state index in [0.717, 1.165) is 11.3 Å². The first-order valence-electron chi connectivity index (χ1n) is 7.79. The normalized spacial score (nSPS) is 12.0. The number of carbonyl (C=O) groups is 2. The summed E-state index contributed by atoms with van der Waals surface area (Å²) < 4.78 is 19.2. The molecule has 0 bridgehead atoms. The van der Waals surface area contributed by atoms with Gasteiger partial charge in [0.25, 0.3) is 5.91 Å². The van der Waals surface area contributed by atoms with Gasteiger partial charge in [-0.3, -0.25) is 4.79 Å². The van der Waals surface area contributed by atoms with Gasteiger partial charge >= 0.3 is 5.97 Å². The molecular formula is C19H15ClFNO3S. The molecule has 1 amide bonds. The molecule has 4 nitrogen and oxygen atoms in total. The van der Waals surface area contributed by atoms with Crippen molar-refractivity contribution in [3.8, 4) is 0 Å². The second-order valence-electron chi connectivity index (χ2n) is 5.67. The fraction of sp³-hybridized carbons (Fsp3) is 0.158. The summed E-state index contributed by atoms with van der Waals surface area (Å²) in [6.45, 7) is 1.50. The van der Waals surface area contributed by atoms with Gasteiger partial charge < -0.3 is 9.64 Å². The number of esters is 1. The lowest BCUT2D eigenvalue weighted by atomic mass is 10.2. The van der Waals surface area contributed by atoms with Crippen LogP contribution < -0.4 is 4.90 Å². The Balaban J connectivity index is 1.77. The number of anilines is 1. The van der Waals surface area contributed by atoms with Gasteiger partial charge in [0.2, 0.25) is 0 Å². The number of fused-ring (bicyclic) bond motifs is 1. The van der Waals surface area contributed by atoms with Gasteiger partial charge in [-0.05, 0) is 37.3 Å². The molecule has 3 aromatic rings. The van der Waals surface area contributed by atoms with Crippen molar-refractivity contribution in [2.24, 2.45) is 0 Å². The van der Waals surface area contributed by atoms with E-state index in [4.69, 9.17) is 16.3 Å². The van der Waals surface area contributed by atoms with Crippen molar-refractivity contribution in [3.63, 3.8) is 0 Å². The second-order valence-corrected chi connectivity index (χ2v) is 7.10. The largest absolute Gasteiger partial charge is 0.448 e. The zero-order valence-corrected chi connectivity index (χ0v) is 15.6. The van der Waals surface area contributed by atoms with E-state index in [-0.39, 0.29) is 15.8 Å². The van der Waals surface area contributed by atoms with E-state index >= 15 is 0 Å². The summed E-state index contributed by atoms with van der Waals surface area (Å²) in [6, 6.07) is 13.1. The maximum Gasteiger partial charge on any atom is 0.350 e. The van der Waals surface area contributed by atoms with E-state index in [1.54, 1.807) is 19.2 Å². The van der Waals surface area contributed by atoms with Crippen LogP contribution in [0.2, 0.25) is 5.02 Å². The highest BCUT2D eigenvalue weighted by molar-refractivity contribution is 7.21. The molecule has 0 unspecified atom stereocenters. The molecule has 1 aromatic heterocycles. The molecule has 7 heteroatoms. The van der Waals surface area contributed by atoms with E-state index in [9.17, 15) is 14.0 Å². The van der Waals surface area contributed by atoms with Gasteiger partial charge in [0.15, 0.2) is 6.10 Å². The lowest BCUT2D eigenvalue weighted by Crippen LogP contribution is -2.37. The molecule has 1 atom stereocenters. The van der Waals surface area contributed by atoms with Crippen molar-refractivity contribution in [1.29, 1.82) is 0 Å². The van der Waals surface area contributed by atoms with Gasteiger partial charge in [-0.25, -0.2) is 9.18 Å². The molecule has 0 radical (unpaired) electrons. The fourth-order valence-corrected chi connectivity index (χ4v) is 3.90. The molecule has 0 spiro atoms. The second kappa shape index (κ2) is 7.43. The Morgan fingerprint density at radius 2 is 1.88 bits per heavy atom. The van der Waals surface area contributed by atoms with Crippen molar-refractivity contribution < 1.29 is 18.7 Å². The Hall–Kier alpha value is -2.44. The number of thiophene rings is 1. The number of benzene rings is 2. The van der Waals surface area contributed by atoms with Crippen molar-refractivity contribution in [3.05, 3.63) is 64.2 Å². The monoisotopic (exact) mass is 391 g/mol. The topological polar surface area (TPSA) is 46.6 Å². The predicted octanol–water partition coefficient (Wildman–Crippen LogP) is 4.90. The summed E-state index contributed by atoms with van der Waals surface area (Å²) in [6.07, 6.45) is -0.995. The Bertz CT molecular complexity index is 974. The SMILES string of the molecule is C[C@H](OC(=O)c1sc2cc(F)ccc2c1Cl)C(=O)N(C)c1ccccc1. The Kier molecular flexibility index (Phi) is 5.25. The van der Waals surface area contributed by atoms with Crippen molar-refractivity contribution in [2.75, 3.05) is 11.9 Å². The molecule has 2 aromatic carbocycles. The molecule has 0 aliphatic carbocycles. The fourth-order valence-electron chi connectivity index (χ4n) is 2.49. The molecule has 134 valence electrons. The van der Waals surface area contributed by atoms with Crippen LogP contribution in [-0.4, -0.2) is 25.0 Å². The molecule has 0 saturated carbocycles. The van der Waals surface area contributed by atoms with E-state index in [1.165, 1.54) is 30.0 Å². The third-order valence-corrected chi connectivity index (χ3v) is 5.52. The average Bonchev–Trinajstić information content (AvgIpc) is 2.97. The van der Waals surface area contributed by atoms with Crippen LogP contribution in [0.4, 0.5) is 10.1 Å². The quantitative estimate of drug-likeness (QED) is 0.594. The maximum atomic E-state index is 13.3. The zero-order chi connectivity index (χ0) is 18.8. The highest BCUT2D eigenvalue weighted by atomic mass is 35.5. The summed E-state index contributed by atoms with van der Waals surface area (Å²) in [5.41, 5.74) is 0.691. The molecule has 1 heterocycles. The van der Waals surface area contributed by atoms with Crippen LogP contribution >= 0.6 is 22.9 Å². The number of hydrogen-bond donors (Lipinski definition) is 0. The van der Waals surface area contributed by atoms with Crippen LogP contribution in [0.5, 0.6) is 0 Å². The lowest BCUT2D eigenvalue weighted by molar-refractivity contribution is -0.126. The Morgan fingerprint density at radius 3 is 2.58 bits per heavy atom. The molecule has 0 aliphatic rings. The molecule has 0 saturated heterocycles. The standard InChI is InChI=1S/C19H15ClFNO3S/c1-11(18(23)22(2)13-6-4-3-5-7-13)25-19(24)17-16(20)14-9-8-12(21)10-15(14)26-17/h3-11H,1-2H3/t11-/m0/s1. The highest BCUT2D eigenvalue weighted by Gasteiger charge is 2.26.